The van der Waals surface area contributed by atoms with Gasteiger partial charge >= 0.3 is 5.97 Å². The number of hydrogen-bond acceptors (Lipinski definition) is 3. The van der Waals surface area contributed by atoms with Crippen LogP contribution in [0.1, 0.15) is 12.0 Å². The summed E-state index contributed by atoms with van der Waals surface area (Å²) in [6, 6.07) is 4.34. The van der Waals surface area contributed by atoms with E-state index in [-0.39, 0.29) is 5.75 Å². The topological polar surface area (TPSA) is 64.3 Å². The highest BCUT2D eigenvalue weighted by Crippen LogP contribution is 2.19. The normalized spacial score (nSPS) is 10.9. The predicted octanol–water partition coefficient (Wildman–Crippen LogP) is 2.59. The number of carbonyl (C=O) groups is 1. The first kappa shape index (κ1) is 14.8. The van der Waals surface area contributed by atoms with Crippen molar-refractivity contribution in [3.63, 3.8) is 0 Å². The average molecular weight is 290 g/mol. The van der Waals surface area contributed by atoms with Crippen LogP contribution in [0.25, 0.3) is 6.08 Å². The number of nitrogens with zero attached hydrogens (tertiary/aromatic N) is 2. The molecule has 0 saturated heterocycles. The SMILES string of the molecule is O=C(O)/C=C/c1ccc(OCCCn2ccnc2)c(F)c1. The van der Waals surface area contributed by atoms with E-state index in [0.717, 1.165) is 19.0 Å². The number of aliphatic carboxylic acids is 1. The first-order chi connectivity index (χ1) is 10.1. The van der Waals surface area contributed by atoms with Crippen molar-refractivity contribution < 1.29 is 19.0 Å². The zero-order valence-electron chi connectivity index (χ0n) is 11.3. The second-order valence-corrected chi connectivity index (χ2v) is 4.36. The molecule has 0 amide bonds. The van der Waals surface area contributed by atoms with E-state index in [9.17, 15) is 9.18 Å². The molecule has 0 bridgehead atoms. The van der Waals surface area contributed by atoms with Crippen LogP contribution in [0.3, 0.4) is 0 Å². The van der Waals surface area contributed by atoms with Gasteiger partial charge < -0.3 is 14.4 Å². The molecule has 0 saturated carbocycles. The molecule has 0 aliphatic carbocycles. The second kappa shape index (κ2) is 7.23. The molecule has 2 rings (SSSR count). The molecule has 21 heavy (non-hydrogen) atoms. The Kier molecular flexibility index (Phi) is 5.09. The summed E-state index contributed by atoms with van der Waals surface area (Å²) in [6.07, 6.45) is 8.28. The fourth-order valence-corrected chi connectivity index (χ4v) is 1.75. The van der Waals surface area contributed by atoms with Gasteiger partial charge in [-0.3, -0.25) is 0 Å². The van der Waals surface area contributed by atoms with E-state index in [4.69, 9.17) is 9.84 Å². The summed E-state index contributed by atoms with van der Waals surface area (Å²) in [5.41, 5.74) is 0.473. The smallest absolute Gasteiger partial charge is 0.328 e. The first-order valence-corrected chi connectivity index (χ1v) is 6.44. The lowest BCUT2D eigenvalue weighted by Crippen LogP contribution is -2.04. The van der Waals surface area contributed by atoms with Crippen LogP contribution >= 0.6 is 0 Å². The third kappa shape index (κ3) is 4.76. The number of aromatic nitrogens is 2. The van der Waals surface area contributed by atoms with Gasteiger partial charge in [0.15, 0.2) is 11.6 Å². The van der Waals surface area contributed by atoms with E-state index in [1.165, 1.54) is 18.2 Å². The summed E-state index contributed by atoms with van der Waals surface area (Å²) in [7, 11) is 0. The van der Waals surface area contributed by atoms with Crippen LogP contribution in [-0.4, -0.2) is 27.2 Å². The Morgan fingerprint density at radius 2 is 2.33 bits per heavy atom. The molecular weight excluding hydrogens is 275 g/mol. The molecule has 0 spiro atoms. The van der Waals surface area contributed by atoms with Gasteiger partial charge in [-0.2, -0.15) is 0 Å². The third-order valence-electron chi connectivity index (χ3n) is 2.75. The standard InChI is InChI=1S/C15H15FN2O3/c16-13-10-12(3-5-15(19)20)2-4-14(13)21-9-1-7-18-8-6-17-11-18/h2-6,8,10-11H,1,7,9H2,(H,19,20)/b5-3+. The zero-order chi connectivity index (χ0) is 15.1. The minimum Gasteiger partial charge on any atom is -0.490 e. The van der Waals surface area contributed by atoms with Crippen LogP contribution in [0, 0.1) is 5.82 Å². The van der Waals surface area contributed by atoms with Gasteiger partial charge in [0.2, 0.25) is 0 Å². The van der Waals surface area contributed by atoms with Crippen molar-refractivity contribution >= 4 is 12.0 Å². The van der Waals surface area contributed by atoms with Crippen molar-refractivity contribution in [2.24, 2.45) is 0 Å². The molecule has 110 valence electrons. The lowest BCUT2D eigenvalue weighted by Gasteiger charge is -2.08. The van der Waals surface area contributed by atoms with Gasteiger partial charge in [0, 0.05) is 25.0 Å². The minimum absolute atomic E-state index is 0.160. The van der Waals surface area contributed by atoms with E-state index >= 15 is 0 Å². The summed E-state index contributed by atoms with van der Waals surface area (Å²) >= 11 is 0. The Hall–Kier alpha value is -2.63. The summed E-state index contributed by atoms with van der Waals surface area (Å²) in [5, 5.41) is 8.51. The molecule has 0 radical (unpaired) electrons. The van der Waals surface area contributed by atoms with Crippen molar-refractivity contribution in [1.29, 1.82) is 0 Å². The molecular formula is C15H15FN2O3. The third-order valence-corrected chi connectivity index (χ3v) is 2.75. The molecule has 5 nitrogen and oxygen atoms in total. The molecule has 0 atom stereocenters. The van der Waals surface area contributed by atoms with Gasteiger partial charge in [-0.05, 0) is 30.2 Å². The van der Waals surface area contributed by atoms with E-state index in [1.54, 1.807) is 18.6 Å². The molecule has 6 heteroatoms. The number of carboxylic acids is 1. The Bertz CT molecular complexity index is 624. The number of halogens is 1. The van der Waals surface area contributed by atoms with Crippen molar-refractivity contribution in [3.8, 4) is 5.75 Å². The number of hydrogen-bond donors (Lipinski definition) is 1. The number of imidazole rings is 1. The lowest BCUT2D eigenvalue weighted by atomic mass is 10.2. The largest absolute Gasteiger partial charge is 0.490 e. The molecule has 1 aromatic carbocycles. The van der Waals surface area contributed by atoms with Gasteiger partial charge in [0.1, 0.15) is 0 Å². The highest BCUT2D eigenvalue weighted by atomic mass is 19.1. The maximum absolute atomic E-state index is 13.8. The number of aryl methyl sites for hydroxylation is 1. The van der Waals surface area contributed by atoms with Gasteiger partial charge in [0.25, 0.3) is 0 Å². The lowest BCUT2D eigenvalue weighted by molar-refractivity contribution is -0.131. The Morgan fingerprint density at radius 3 is 3.00 bits per heavy atom. The Morgan fingerprint density at radius 1 is 1.48 bits per heavy atom. The highest BCUT2D eigenvalue weighted by Gasteiger charge is 2.04. The van der Waals surface area contributed by atoms with Crippen LogP contribution in [0.15, 0.2) is 43.0 Å². The molecule has 0 fully saturated rings. The maximum atomic E-state index is 13.8. The number of ether oxygens (including phenoxy) is 1. The first-order valence-electron chi connectivity index (χ1n) is 6.44. The van der Waals surface area contributed by atoms with Crippen LogP contribution < -0.4 is 4.74 Å². The van der Waals surface area contributed by atoms with Crippen molar-refractivity contribution in [2.75, 3.05) is 6.61 Å². The van der Waals surface area contributed by atoms with Crippen LogP contribution in [0.4, 0.5) is 4.39 Å². The summed E-state index contributed by atoms with van der Waals surface area (Å²) in [5.74, 6) is -1.42. The number of rotatable bonds is 7. The minimum atomic E-state index is -1.07. The van der Waals surface area contributed by atoms with Gasteiger partial charge in [-0.15, -0.1) is 0 Å². The molecule has 1 heterocycles. The zero-order valence-corrected chi connectivity index (χ0v) is 11.3. The molecule has 1 N–H and O–H groups in total. The van der Waals surface area contributed by atoms with Crippen LogP contribution in [-0.2, 0) is 11.3 Å². The summed E-state index contributed by atoms with van der Waals surface area (Å²) in [6.45, 7) is 1.14. The molecule has 2 aromatic rings. The van der Waals surface area contributed by atoms with Crippen LogP contribution in [0.5, 0.6) is 5.75 Å². The average Bonchev–Trinajstić information content (AvgIpc) is 2.96. The maximum Gasteiger partial charge on any atom is 0.328 e. The number of carboxylic acid groups (broad SMARTS) is 1. The van der Waals surface area contributed by atoms with Crippen molar-refractivity contribution in [3.05, 3.63) is 54.4 Å². The fourth-order valence-electron chi connectivity index (χ4n) is 1.75. The Balaban J connectivity index is 1.84. The van der Waals surface area contributed by atoms with Crippen molar-refractivity contribution in [2.45, 2.75) is 13.0 Å². The summed E-state index contributed by atoms with van der Waals surface area (Å²) < 4.78 is 21.0. The van der Waals surface area contributed by atoms with Crippen LogP contribution in [0.2, 0.25) is 0 Å². The fraction of sp³-hybridized carbons (Fsp3) is 0.200. The molecule has 0 aliphatic heterocycles. The van der Waals surface area contributed by atoms with Gasteiger partial charge in [-0.25, -0.2) is 14.2 Å². The Labute approximate surface area is 121 Å². The summed E-state index contributed by atoms with van der Waals surface area (Å²) in [4.78, 5) is 14.3. The number of benzene rings is 1. The van der Waals surface area contributed by atoms with Crippen molar-refractivity contribution in [1.82, 2.24) is 9.55 Å². The monoisotopic (exact) mass is 290 g/mol. The molecule has 0 aliphatic rings. The van der Waals surface area contributed by atoms with E-state index in [1.807, 2.05) is 10.8 Å². The second-order valence-electron chi connectivity index (χ2n) is 4.36. The van der Waals surface area contributed by atoms with E-state index in [0.29, 0.717) is 12.2 Å². The predicted molar refractivity (Wildman–Crippen MR) is 75.4 cm³/mol. The van der Waals surface area contributed by atoms with E-state index in [2.05, 4.69) is 4.98 Å². The van der Waals surface area contributed by atoms with Gasteiger partial charge in [0.05, 0.1) is 12.9 Å². The molecule has 0 unspecified atom stereocenters. The molecule has 1 aromatic heterocycles. The quantitative estimate of drug-likeness (QED) is 0.629. The highest BCUT2D eigenvalue weighted by molar-refractivity contribution is 5.85. The van der Waals surface area contributed by atoms with E-state index < -0.39 is 11.8 Å². The van der Waals surface area contributed by atoms with Gasteiger partial charge in [-0.1, -0.05) is 6.07 Å².